The Morgan fingerprint density at radius 1 is 1.50 bits per heavy atom. The minimum absolute atomic E-state index is 0.148. The summed E-state index contributed by atoms with van der Waals surface area (Å²) in [6, 6.07) is 1.26. The summed E-state index contributed by atoms with van der Waals surface area (Å²) in [5, 5.41) is 10.9. The van der Waals surface area contributed by atoms with Crippen molar-refractivity contribution in [3.05, 3.63) is 21.1 Å². The summed E-state index contributed by atoms with van der Waals surface area (Å²) in [6.07, 6.45) is 0. The zero-order valence-corrected chi connectivity index (χ0v) is 10.4. The predicted octanol–water partition coefficient (Wildman–Crippen LogP) is 3.04. The van der Waals surface area contributed by atoms with Crippen LogP contribution in [0.4, 0.5) is 5.69 Å². The molecule has 0 spiro atoms. The molecule has 1 aromatic heterocycles. The van der Waals surface area contributed by atoms with E-state index in [-0.39, 0.29) is 16.5 Å². The zero-order chi connectivity index (χ0) is 12.5. The van der Waals surface area contributed by atoms with Crippen LogP contribution in [0.5, 0.6) is 5.06 Å². The first-order valence-electron chi connectivity index (χ1n) is 4.69. The molecule has 0 aliphatic rings. The van der Waals surface area contributed by atoms with Crippen molar-refractivity contribution in [3.8, 4) is 5.06 Å². The number of Topliss-reactive ketones (excluding diaryl/α,β-unsaturated/α-hetero) is 1. The van der Waals surface area contributed by atoms with E-state index < -0.39 is 10.5 Å². The number of ether oxygens (including phenoxy) is 1. The number of nitro groups is 1. The van der Waals surface area contributed by atoms with E-state index in [0.717, 1.165) is 11.3 Å². The molecule has 16 heavy (non-hydrogen) atoms. The van der Waals surface area contributed by atoms with Crippen molar-refractivity contribution in [1.82, 2.24) is 0 Å². The molecule has 0 amide bonds. The molecule has 6 heteroatoms. The molecular weight excluding hydrogens is 230 g/mol. The zero-order valence-electron chi connectivity index (χ0n) is 9.57. The Labute approximate surface area is 97.2 Å². The van der Waals surface area contributed by atoms with Gasteiger partial charge in [-0.05, 0) is 27.7 Å². The average Bonchev–Trinajstić information content (AvgIpc) is 2.44. The number of carbonyl (C=O) groups excluding carboxylic acids is 1. The largest absolute Gasteiger partial charge is 0.473 e. The molecule has 0 unspecified atom stereocenters. The number of nitrogens with zero attached hydrogens (tertiary/aromatic N) is 1. The molecular formula is C10H13NO4S. The summed E-state index contributed by atoms with van der Waals surface area (Å²) in [6.45, 7) is 6.76. The summed E-state index contributed by atoms with van der Waals surface area (Å²) >= 11 is 1.01. The Morgan fingerprint density at radius 3 is 2.44 bits per heavy atom. The second kappa shape index (κ2) is 4.21. The lowest BCUT2D eigenvalue weighted by Crippen LogP contribution is -2.22. The van der Waals surface area contributed by atoms with Gasteiger partial charge >= 0.3 is 5.69 Å². The van der Waals surface area contributed by atoms with E-state index in [1.165, 1.54) is 13.0 Å². The lowest BCUT2D eigenvalue weighted by atomic mass is 10.2. The van der Waals surface area contributed by atoms with E-state index >= 15 is 0 Å². The van der Waals surface area contributed by atoms with Gasteiger partial charge in [0.2, 0.25) is 0 Å². The van der Waals surface area contributed by atoms with Crippen LogP contribution in [0.15, 0.2) is 6.07 Å². The quantitative estimate of drug-likeness (QED) is 0.465. The van der Waals surface area contributed by atoms with Crippen LogP contribution in [0.2, 0.25) is 0 Å². The van der Waals surface area contributed by atoms with Crippen LogP contribution in [0.1, 0.15) is 37.4 Å². The molecule has 1 heterocycles. The molecule has 88 valence electrons. The highest BCUT2D eigenvalue weighted by atomic mass is 32.1. The van der Waals surface area contributed by atoms with Gasteiger partial charge in [-0.3, -0.25) is 14.9 Å². The molecule has 1 rings (SSSR count). The Kier molecular flexibility index (Phi) is 3.32. The Morgan fingerprint density at radius 2 is 2.06 bits per heavy atom. The van der Waals surface area contributed by atoms with Crippen LogP contribution < -0.4 is 4.74 Å². The number of rotatable bonds is 3. The van der Waals surface area contributed by atoms with E-state index in [0.29, 0.717) is 4.88 Å². The maximum absolute atomic E-state index is 11.1. The van der Waals surface area contributed by atoms with Gasteiger partial charge in [-0.15, -0.1) is 0 Å². The third-order valence-electron chi connectivity index (χ3n) is 1.62. The van der Waals surface area contributed by atoms with Gasteiger partial charge < -0.3 is 4.74 Å². The van der Waals surface area contributed by atoms with E-state index in [4.69, 9.17) is 4.74 Å². The molecule has 0 atom stereocenters. The fourth-order valence-corrected chi connectivity index (χ4v) is 2.06. The van der Waals surface area contributed by atoms with E-state index in [1.54, 1.807) is 20.8 Å². The highest BCUT2D eigenvalue weighted by molar-refractivity contribution is 7.16. The molecule has 0 aliphatic heterocycles. The second-order valence-electron chi connectivity index (χ2n) is 4.31. The monoisotopic (exact) mass is 243 g/mol. The van der Waals surface area contributed by atoms with Crippen LogP contribution in [0.3, 0.4) is 0 Å². The number of thiophene rings is 1. The second-order valence-corrected chi connectivity index (χ2v) is 5.33. The molecule has 0 radical (unpaired) electrons. The average molecular weight is 243 g/mol. The summed E-state index contributed by atoms with van der Waals surface area (Å²) in [5.41, 5.74) is -0.672. The summed E-state index contributed by atoms with van der Waals surface area (Å²) in [5.74, 6) is -0.197. The molecule has 0 bridgehead atoms. The summed E-state index contributed by atoms with van der Waals surface area (Å²) < 4.78 is 5.45. The molecule has 0 aromatic carbocycles. The van der Waals surface area contributed by atoms with E-state index in [2.05, 4.69) is 0 Å². The lowest BCUT2D eigenvalue weighted by molar-refractivity contribution is -0.385. The van der Waals surface area contributed by atoms with Gasteiger partial charge in [0, 0.05) is 6.07 Å². The number of hydrogen-bond acceptors (Lipinski definition) is 5. The van der Waals surface area contributed by atoms with Gasteiger partial charge in [-0.2, -0.15) is 0 Å². The summed E-state index contributed by atoms with van der Waals surface area (Å²) in [7, 11) is 0. The van der Waals surface area contributed by atoms with Gasteiger partial charge in [-0.1, -0.05) is 11.3 Å². The minimum atomic E-state index is -0.538. The lowest BCUT2D eigenvalue weighted by Gasteiger charge is -2.18. The normalized spacial score (nSPS) is 11.2. The van der Waals surface area contributed by atoms with Crippen molar-refractivity contribution in [1.29, 1.82) is 0 Å². The van der Waals surface area contributed by atoms with E-state index in [9.17, 15) is 14.9 Å². The van der Waals surface area contributed by atoms with Gasteiger partial charge in [0.25, 0.3) is 5.06 Å². The predicted molar refractivity (Wildman–Crippen MR) is 61.4 cm³/mol. The van der Waals surface area contributed by atoms with Crippen LogP contribution in [0.25, 0.3) is 0 Å². The SMILES string of the molecule is CC(=O)c1cc([N+](=O)[O-])c(OC(C)(C)C)s1. The van der Waals surface area contributed by atoms with Crippen LogP contribution in [-0.4, -0.2) is 16.3 Å². The van der Waals surface area contributed by atoms with Gasteiger partial charge in [-0.25, -0.2) is 0 Å². The van der Waals surface area contributed by atoms with Crippen molar-refractivity contribution in [2.45, 2.75) is 33.3 Å². The molecule has 0 N–H and O–H groups in total. The molecule has 0 saturated carbocycles. The maximum atomic E-state index is 11.1. The van der Waals surface area contributed by atoms with Crippen LogP contribution >= 0.6 is 11.3 Å². The highest BCUT2D eigenvalue weighted by Crippen LogP contribution is 2.39. The standard InChI is InChI=1S/C10H13NO4S/c1-6(12)8-5-7(11(13)14)9(16-8)15-10(2,3)4/h5H,1-4H3. The van der Waals surface area contributed by atoms with Gasteiger partial charge in [0.1, 0.15) is 5.60 Å². The Bertz CT molecular complexity index is 431. The topological polar surface area (TPSA) is 69.4 Å². The summed E-state index contributed by atoms with van der Waals surface area (Å²) in [4.78, 5) is 21.7. The first-order chi connectivity index (χ1) is 7.20. The van der Waals surface area contributed by atoms with E-state index in [1.807, 2.05) is 0 Å². The molecule has 0 fully saturated rings. The molecule has 5 nitrogen and oxygen atoms in total. The molecule has 0 saturated heterocycles. The maximum Gasteiger partial charge on any atom is 0.323 e. The van der Waals surface area contributed by atoms with Gasteiger partial charge in [0.15, 0.2) is 5.78 Å². The number of hydrogen-bond donors (Lipinski definition) is 0. The van der Waals surface area contributed by atoms with Crippen molar-refractivity contribution >= 4 is 22.8 Å². The van der Waals surface area contributed by atoms with Gasteiger partial charge in [0.05, 0.1) is 9.80 Å². The first kappa shape index (κ1) is 12.6. The molecule has 0 aliphatic carbocycles. The number of carbonyl (C=O) groups is 1. The van der Waals surface area contributed by atoms with Crippen molar-refractivity contribution < 1.29 is 14.5 Å². The van der Waals surface area contributed by atoms with Crippen molar-refractivity contribution in [3.63, 3.8) is 0 Å². The fourth-order valence-electron chi connectivity index (χ4n) is 1.02. The number of ketones is 1. The van der Waals surface area contributed by atoms with Crippen LogP contribution in [-0.2, 0) is 0 Å². The third kappa shape index (κ3) is 3.03. The third-order valence-corrected chi connectivity index (χ3v) is 2.73. The smallest absolute Gasteiger partial charge is 0.323 e. The highest BCUT2D eigenvalue weighted by Gasteiger charge is 2.25. The molecule has 1 aromatic rings. The van der Waals surface area contributed by atoms with Crippen molar-refractivity contribution in [2.75, 3.05) is 0 Å². The minimum Gasteiger partial charge on any atom is -0.473 e. The first-order valence-corrected chi connectivity index (χ1v) is 5.50. The Balaban J connectivity index is 3.15. The van der Waals surface area contributed by atoms with Crippen LogP contribution in [0, 0.1) is 10.1 Å². The Hall–Kier alpha value is -1.43. The fraction of sp³-hybridized carbons (Fsp3) is 0.500. The van der Waals surface area contributed by atoms with Crippen molar-refractivity contribution in [2.24, 2.45) is 0 Å².